The monoisotopic (exact) mass is 335 g/mol. The molecule has 10 heteroatoms. The molecule has 7 nitrogen and oxygen atoms in total. The van der Waals surface area contributed by atoms with Crippen molar-refractivity contribution in [1.82, 2.24) is 19.6 Å². The molecule has 2 aromatic heterocycles. The van der Waals surface area contributed by atoms with Crippen LogP contribution in [-0.4, -0.2) is 31.4 Å². The Morgan fingerprint density at radius 1 is 1.33 bits per heavy atom. The third-order valence-electron chi connectivity index (χ3n) is 3.20. The fourth-order valence-electron chi connectivity index (χ4n) is 2.08. The third-order valence-corrected chi connectivity index (χ3v) is 3.20. The van der Waals surface area contributed by atoms with Gasteiger partial charge in [-0.15, -0.1) is 11.5 Å². The second-order valence-electron chi connectivity index (χ2n) is 4.90. The lowest BCUT2D eigenvalue weighted by atomic mass is 10.3. The largest absolute Gasteiger partial charge is 0.453 e. The molecule has 3 rings (SSSR count). The van der Waals surface area contributed by atoms with Crippen LogP contribution >= 0.6 is 0 Å². The van der Waals surface area contributed by atoms with Crippen LogP contribution in [0.3, 0.4) is 0 Å². The molecule has 0 aliphatic carbocycles. The van der Waals surface area contributed by atoms with Gasteiger partial charge in [-0.3, -0.25) is 15.0 Å². The summed E-state index contributed by atoms with van der Waals surface area (Å²) < 4.78 is 39.7. The number of imide groups is 1. The molecule has 2 aromatic rings. The molecule has 0 saturated heterocycles. The van der Waals surface area contributed by atoms with Gasteiger partial charge in [0.05, 0.1) is 0 Å². The quantitative estimate of drug-likeness (QED) is 0.662. The van der Waals surface area contributed by atoms with E-state index >= 15 is 0 Å². The molecule has 1 aliphatic heterocycles. The lowest BCUT2D eigenvalue weighted by Crippen LogP contribution is -2.37. The van der Waals surface area contributed by atoms with Crippen molar-refractivity contribution < 1.29 is 22.8 Å². The van der Waals surface area contributed by atoms with E-state index < -0.39 is 23.8 Å². The molecule has 0 unspecified atom stereocenters. The molecule has 1 aliphatic rings. The second-order valence-corrected chi connectivity index (χ2v) is 4.90. The molecule has 122 valence electrons. The van der Waals surface area contributed by atoms with E-state index in [1.165, 1.54) is 19.2 Å². The van der Waals surface area contributed by atoms with E-state index in [0.29, 0.717) is 5.01 Å². The summed E-state index contributed by atoms with van der Waals surface area (Å²) in [4.78, 5) is 27.0. The van der Waals surface area contributed by atoms with Crippen molar-refractivity contribution in [2.45, 2.75) is 13.1 Å². The highest BCUT2D eigenvalue weighted by molar-refractivity contribution is 6.16. The topological polar surface area (TPSA) is 79.6 Å². The number of carbonyl (C=O) groups excluding carboxylic acids is 2. The summed E-state index contributed by atoms with van der Waals surface area (Å²) in [5.41, 5.74) is 2.80. The summed E-state index contributed by atoms with van der Waals surface area (Å²) in [5, 5.41) is 3.92. The molecular weight excluding hydrogens is 327 g/mol. The van der Waals surface area contributed by atoms with E-state index in [4.69, 9.17) is 6.42 Å². The zero-order valence-corrected chi connectivity index (χ0v) is 12.0. The van der Waals surface area contributed by atoms with E-state index in [0.717, 1.165) is 10.6 Å². The number of rotatable bonds is 2. The number of terminal acetylenes is 1. The van der Waals surface area contributed by atoms with Crippen molar-refractivity contribution in [3.63, 3.8) is 0 Å². The van der Waals surface area contributed by atoms with E-state index in [1.807, 2.05) is 0 Å². The highest BCUT2D eigenvalue weighted by Crippen LogP contribution is 2.29. The highest BCUT2D eigenvalue weighted by atomic mass is 19.4. The van der Waals surface area contributed by atoms with Crippen LogP contribution < -0.4 is 5.43 Å². The van der Waals surface area contributed by atoms with Gasteiger partial charge < -0.3 is 0 Å². The molecular formula is C14H8F3N5O2. The van der Waals surface area contributed by atoms with Crippen molar-refractivity contribution >= 4 is 23.1 Å². The number of nitrogens with one attached hydrogen (secondary N) is 1. The van der Waals surface area contributed by atoms with Crippen LogP contribution in [0.25, 0.3) is 5.52 Å². The van der Waals surface area contributed by atoms with Crippen molar-refractivity contribution in [2.24, 2.45) is 0 Å². The van der Waals surface area contributed by atoms with Gasteiger partial charge in [0, 0.05) is 23.4 Å². The predicted molar refractivity (Wildman–Crippen MR) is 75.2 cm³/mol. The number of hydrazine groups is 1. The minimum absolute atomic E-state index is 0.0844. The third kappa shape index (κ3) is 2.45. The average Bonchev–Trinajstić information content (AvgIpc) is 3.02. The standard InChI is InChI=1S/C14H8F3N5O2/c1-3-8-5-9-11(19-22-10(23)4-7(2)12(22)24)18-13(14(15,16)17)20-21(9)6-8/h1,4-6H,2H3,(H,18,19,20). The van der Waals surface area contributed by atoms with Gasteiger partial charge in [0.2, 0.25) is 0 Å². The molecule has 1 N–H and O–H groups in total. The maximum atomic E-state index is 12.9. The molecule has 0 saturated carbocycles. The zero-order valence-electron chi connectivity index (χ0n) is 12.0. The number of halogens is 3. The van der Waals surface area contributed by atoms with Gasteiger partial charge >= 0.3 is 6.18 Å². The molecule has 3 heterocycles. The summed E-state index contributed by atoms with van der Waals surface area (Å²) in [6, 6.07) is 1.35. The Hall–Kier alpha value is -3.35. The number of alkyl halides is 3. The Labute approximate surface area is 132 Å². The molecule has 0 spiro atoms. The Kier molecular flexibility index (Phi) is 3.30. The van der Waals surface area contributed by atoms with Crippen LogP contribution in [0.15, 0.2) is 23.9 Å². The average molecular weight is 335 g/mol. The Bertz CT molecular complexity index is 952. The normalized spacial score (nSPS) is 15.0. The maximum absolute atomic E-state index is 12.9. The van der Waals surface area contributed by atoms with E-state index in [1.54, 1.807) is 0 Å². The van der Waals surface area contributed by atoms with Crippen LogP contribution in [0.4, 0.5) is 19.0 Å². The smallest absolute Gasteiger partial charge is 0.270 e. The van der Waals surface area contributed by atoms with Crippen molar-refractivity contribution in [3.05, 3.63) is 35.3 Å². The Morgan fingerprint density at radius 3 is 2.58 bits per heavy atom. The van der Waals surface area contributed by atoms with Crippen molar-refractivity contribution in [3.8, 4) is 12.3 Å². The van der Waals surface area contributed by atoms with Gasteiger partial charge in [-0.05, 0) is 13.0 Å². The number of hydrogen-bond acceptors (Lipinski definition) is 5. The Balaban J connectivity index is 2.12. The molecule has 0 atom stereocenters. The number of aromatic nitrogens is 3. The van der Waals surface area contributed by atoms with Crippen molar-refractivity contribution in [1.29, 1.82) is 0 Å². The van der Waals surface area contributed by atoms with Crippen LogP contribution in [0.1, 0.15) is 18.3 Å². The van der Waals surface area contributed by atoms with Crippen LogP contribution in [0.5, 0.6) is 0 Å². The summed E-state index contributed by atoms with van der Waals surface area (Å²) >= 11 is 0. The summed E-state index contributed by atoms with van der Waals surface area (Å²) in [5.74, 6) is -0.953. The summed E-state index contributed by atoms with van der Waals surface area (Å²) in [6.07, 6.45) is 2.67. The lowest BCUT2D eigenvalue weighted by Gasteiger charge is -2.17. The van der Waals surface area contributed by atoms with Gasteiger partial charge in [-0.1, -0.05) is 5.92 Å². The van der Waals surface area contributed by atoms with E-state index in [-0.39, 0.29) is 22.5 Å². The van der Waals surface area contributed by atoms with Crippen LogP contribution in [-0.2, 0) is 15.8 Å². The van der Waals surface area contributed by atoms with Gasteiger partial charge in [-0.25, -0.2) is 9.50 Å². The number of fused-ring (bicyclic) bond motifs is 1. The zero-order chi connectivity index (χ0) is 17.6. The predicted octanol–water partition coefficient (Wildman–Crippen LogP) is 1.37. The number of carbonyl (C=O) groups is 2. The van der Waals surface area contributed by atoms with Crippen LogP contribution in [0, 0.1) is 12.3 Å². The highest BCUT2D eigenvalue weighted by Gasteiger charge is 2.37. The molecule has 0 fully saturated rings. The molecule has 0 aromatic carbocycles. The van der Waals surface area contributed by atoms with Crippen LogP contribution in [0.2, 0.25) is 0 Å². The first-order valence-electron chi connectivity index (χ1n) is 6.48. The SMILES string of the molecule is C#Cc1cc2c(NN3C(=O)C=C(C)C3=O)nc(C(F)(F)F)nn2c1. The van der Waals surface area contributed by atoms with E-state index in [9.17, 15) is 22.8 Å². The fraction of sp³-hybridized carbons (Fsp3) is 0.143. The van der Waals surface area contributed by atoms with Gasteiger partial charge in [0.25, 0.3) is 17.6 Å². The van der Waals surface area contributed by atoms with Gasteiger partial charge in [0.1, 0.15) is 5.52 Å². The minimum Gasteiger partial charge on any atom is -0.270 e. The molecule has 24 heavy (non-hydrogen) atoms. The number of amides is 2. The minimum atomic E-state index is -4.82. The fourth-order valence-corrected chi connectivity index (χ4v) is 2.08. The van der Waals surface area contributed by atoms with Gasteiger partial charge in [-0.2, -0.15) is 18.2 Å². The first kappa shape index (κ1) is 15.5. The van der Waals surface area contributed by atoms with Gasteiger partial charge in [0.15, 0.2) is 5.82 Å². The first-order valence-corrected chi connectivity index (χ1v) is 6.48. The lowest BCUT2D eigenvalue weighted by molar-refractivity contribution is -0.145. The summed E-state index contributed by atoms with van der Waals surface area (Å²) in [7, 11) is 0. The summed E-state index contributed by atoms with van der Waals surface area (Å²) in [6.45, 7) is 1.41. The first-order chi connectivity index (χ1) is 11.2. The number of nitrogens with zero attached hydrogens (tertiary/aromatic N) is 4. The van der Waals surface area contributed by atoms with E-state index in [2.05, 4.69) is 21.4 Å². The Morgan fingerprint density at radius 2 is 2.04 bits per heavy atom. The molecule has 0 bridgehead atoms. The molecule has 2 amide bonds. The second kappa shape index (κ2) is 5.09. The number of hydrogen-bond donors (Lipinski definition) is 1. The molecule has 0 radical (unpaired) electrons. The number of anilines is 1. The maximum Gasteiger partial charge on any atom is 0.453 e. The van der Waals surface area contributed by atoms with Crippen molar-refractivity contribution in [2.75, 3.05) is 5.43 Å².